The molecule has 1 saturated heterocycles. The lowest BCUT2D eigenvalue weighted by atomic mass is 9.94. The van der Waals surface area contributed by atoms with Gasteiger partial charge in [0.15, 0.2) is 0 Å². The average molecular weight is 262 g/mol. The Morgan fingerprint density at radius 1 is 1.47 bits per heavy atom. The van der Waals surface area contributed by atoms with E-state index in [1.54, 1.807) is 6.20 Å². The van der Waals surface area contributed by atoms with Crippen LogP contribution in [0.15, 0.2) is 18.3 Å². The molecule has 1 fully saturated rings. The molecule has 2 heterocycles. The van der Waals surface area contributed by atoms with E-state index in [2.05, 4.69) is 22.5 Å². The quantitative estimate of drug-likeness (QED) is 0.849. The van der Waals surface area contributed by atoms with Gasteiger partial charge in [-0.15, -0.1) is 0 Å². The highest BCUT2D eigenvalue weighted by Crippen LogP contribution is 2.13. The number of aromatic nitrogens is 1. The lowest BCUT2D eigenvalue weighted by molar-refractivity contribution is 0.0915. The molecule has 0 spiro atoms. The summed E-state index contributed by atoms with van der Waals surface area (Å²) in [5.74, 6) is 1.32. The van der Waals surface area contributed by atoms with E-state index in [-0.39, 0.29) is 11.9 Å². The molecule has 0 aliphatic carbocycles. The van der Waals surface area contributed by atoms with E-state index in [9.17, 15) is 4.79 Å². The number of amides is 1. The summed E-state index contributed by atoms with van der Waals surface area (Å²) < 4.78 is 0. The van der Waals surface area contributed by atoms with Gasteiger partial charge in [-0.2, -0.15) is 0 Å². The SMILES string of the molecule is CC1CCNCC1NC(=O)c1ccc(N(C)C)nc1. The maximum atomic E-state index is 12.1. The molecule has 104 valence electrons. The fraction of sp³-hybridized carbons (Fsp3) is 0.571. The largest absolute Gasteiger partial charge is 0.363 e. The maximum Gasteiger partial charge on any atom is 0.253 e. The number of hydrogen-bond acceptors (Lipinski definition) is 4. The van der Waals surface area contributed by atoms with Crippen LogP contribution in [0.5, 0.6) is 0 Å². The summed E-state index contributed by atoms with van der Waals surface area (Å²) in [6.07, 6.45) is 2.73. The fourth-order valence-electron chi connectivity index (χ4n) is 2.22. The van der Waals surface area contributed by atoms with Gasteiger partial charge in [0.25, 0.3) is 5.91 Å². The molecule has 2 rings (SSSR count). The molecule has 2 N–H and O–H groups in total. The first-order chi connectivity index (χ1) is 9.08. The van der Waals surface area contributed by atoms with Crippen molar-refractivity contribution >= 4 is 11.7 Å². The van der Waals surface area contributed by atoms with Gasteiger partial charge in [-0.3, -0.25) is 4.79 Å². The van der Waals surface area contributed by atoms with Crippen LogP contribution in [0.4, 0.5) is 5.82 Å². The Morgan fingerprint density at radius 2 is 2.26 bits per heavy atom. The van der Waals surface area contributed by atoms with Gasteiger partial charge < -0.3 is 15.5 Å². The number of pyridine rings is 1. The highest BCUT2D eigenvalue weighted by atomic mass is 16.1. The zero-order valence-electron chi connectivity index (χ0n) is 11.8. The predicted octanol–water partition coefficient (Wildman–Crippen LogP) is 0.875. The van der Waals surface area contributed by atoms with E-state index in [0.717, 1.165) is 25.3 Å². The predicted molar refractivity (Wildman–Crippen MR) is 76.5 cm³/mol. The third-order valence-electron chi connectivity index (χ3n) is 3.61. The maximum absolute atomic E-state index is 12.1. The monoisotopic (exact) mass is 262 g/mol. The van der Waals surface area contributed by atoms with Crippen LogP contribution in [0.2, 0.25) is 0 Å². The lowest BCUT2D eigenvalue weighted by Crippen LogP contribution is -2.50. The molecular formula is C14H22N4O. The zero-order valence-corrected chi connectivity index (χ0v) is 11.8. The highest BCUT2D eigenvalue weighted by Gasteiger charge is 2.23. The molecule has 1 aromatic heterocycles. The van der Waals surface area contributed by atoms with Crippen molar-refractivity contribution in [3.05, 3.63) is 23.9 Å². The molecule has 2 unspecified atom stereocenters. The minimum atomic E-state index is -0.0432. The Morgan fingerprint density at radius 3 is 2.84 bits per heavy atom. The van der Waals surface area contributed by atoms with Crippen LogP contribution in [0.1, 0.15) is 23.7 Å². The van der Waals surface area contributed by atoms with E-state index in [4.69, 9.17) is 0 Å². The molecule has 1 aromatic rings. The number of rotatable bonds is 3. The highest BCUT2D eigenvalue weighted by molar-refractivity contribution is 5.94. The number of anilines is 1. The van der Waals surface area contributed by atoms with Crippen molar-refractivity contribution in [3.63, 3.8) is 0 Å². The molecule has 5 heteroatoms. The van der Waals surface area contributed by atoms with Gasteiger partial charge in [-0.1, -0.05) is 6.92 Å². The Bertz CT molecular complexity index is 430. The number of piperidine rings is 1. The van der Waals surface area contributed by atoms with Crippen LogP contribution in [-0.2, 0) is 0 Å². The third-order valence-corrected chi connectivity index (χ3v) is 3.61. The molecule has 1 amide bonds. The summed E-state index contributed by atoms with van der Waals surface area (Å²) in [7, 11) is 3.86. The molecule has 0 bridgehead atoms. The second-order valence-electron chi connectivity index (χ2n) is 5.35. The average Bonchev–Trinajstić information content (AvgIpc) is 2.41. The molecule has 0 saturated carbocycles. The van der Waals surface area contributed by atoms with E-state index >= 15 is 0 Å². The number of nitrogens with zero attached hydrogens (tertiary/aromatic N) is 2. The zero-order chi connectivity index (χ0) is 13.8. The third kappa shape index (κ3) is 3.44. The van der Waals surface area contributed by atoms with Gasteiger partial charge in [-0.25, -0.2) is 4.98 Å². The van der Waals surface area contributed by atoms with Crippen molar-refractivity contribution in [1.82, 2.24) is 15.6 Å². The second-order valence-corrected chi connectivity index (χ2v) is 5.35. The minimum Gasteiger partial charge on any atom is -0.363 e. The first kappa shape index (κ1) is 13.8. The van der Waals surface area contributed by atoms with Gasteiger partial charge in [0.2, 0.25) is 0 Å². The summed E-state index contributed by atoms with van der Waals surface area (Å²) in [5, 5.41) is 6.39. The summed E-state index contributed by atoms with van der Waals surface area (Å²) >= 11 is 0. The topological polar surface area (TPSA) is 57.3 Å². The van der Waals surface area contributed by atoms with Crippen LogP contribution < -0.4 is 15.5 Å². The molecule has 0 aromatic carbocycles. The molecule has 2 atom stereocenters. The van der Waals surface area contributed by atoms with Crippen molar-refractivity contribution in [1.29, 1.82) is 0 Å². The normalized spacial score (nSPS) is 22.9. The van der Waals surface area contributed by atoms with Gasteiger partial charge in [0.05, 0.1) is 5.56 Å². The number of carbonyl (C=O) groups is 1. The molecule has 1 aliphatic heterocycles. The number of hydrogen-bond donors (Lipinski definition) is 2. The minimum absolute atomic E-state index is 0.0432. The van der Waals surface area contributed by atoms with Gasteiger partial charge >= 0.3 is 0 Å². The van der Waals surface area contributed by atoms with E-state index < -0.39 is 0 Å². The van der Waals surface area contributed by atoms with Crippen molar-refractivity contribution in [3.8, 4) is 0 Å². The van der Waals surface area contributed by atoms with Crippen LogP contribution >= 0.6 is 0 Å². The summed E-state index contributed by atoms with van der Waals surface area (Å²) in [6.45, 7) is 4.06. The Hall–Kier alpha value is -1.62. The Balaban J connectivity index is 1.99. The lowest BCUT2D eigenvalue weighted by Gasteiger charge is -2.30. The first-order valence-electron chi connectivity index (χ1n) is 6.73. The first-order valence-corrected chi connectivity index (χ1v) is 6.73. The smallest absolute Gasteiger partial charge is 0.253 e. The molecule has 5 nitrogen and oxygen atoms in total. The van der Waals surface area contributed by atoms with Gasteiger partial charge in [0, 0.05) is 32.9 Å². The van der Waals surface area contributed by atoms with Gasteiger partial charge in [-0.05, 0) is 31.0 Å². The molecule has 0 radical (unpaired) electrons. The fourth-order valence-corrected chi connectivity index (χ4v) is 2.22. The summed E-state index contributed by atoms with van der Waals surface area (Å²) in [4.78, 5) is 18.3. The number of carbonyl (C=O) groups excluding carboxylic acids is 1. The van der Waals surface area contributed by atoms with Crippen LogP contribution in [0.3, 0.4) is 0 Å². The molecule has 1 aliphatic rings. The molecule has 19 heavy (non-hydrogen) atoms. The van der Waals surface area contributed by atoms with Crippen molar-refractivity contribution in [2.24, 2.45) is 5.92 Å². The molecular weight excluding hydrogens is 240 g/mol. The van der Waals surface area contributed by atoms with E-state index in [0.29, 0.717) is 11.5 Å². The summed E-state index contributed by atoms with van der Waals surface area (Å²) in [6, 6.07) is 3.88. The Kier molecular flexibility index (Phi) is 4.37. The van der Waals surface area contributed by atoms with Crippen molar-refractivity contribution < 1.29 is 4.79 Å². The number of nitrogens with one attached hydrogen (secondary N) is 2. The van der Waals surface area contributed by atoms with E-state index in [1.807, 2.05) is 31.1 Å². The van der Waals surface area contributed by atoms with Gasteiger partial charge in [0.1, 0.15) is 5.82 Å². The van der Waals surface area contributed by atoms with Crippen molar-refractivity contribution in [2.75, 3.05) is 32.1 Å². The Labute approximate surface area is 114 Å². The van der Waals surface area contributed by atoms with Crippen LogP contribution in [0.25, 0.3) is 0 Å². The van der Waals surface area contributed by atoms with Crippen LogP contribution in [-0.4, -0.2) is 44.1 Å². The van der Waals surface area contributed by atoms with E-state index in [1.165, 1.54) is 0 Å². The van der Waals surface area contributed by atoms with Crippen molar-refractivity contribution in [2.45, 2.75) is 19.4 Å². The summed E-state index contributed by atoms with van der Waals surface area (Å²) in [5.41, 5.74) is 0.614. The standard InChI is InChI=1S/C14H22N4O/c1-10-6-7-15-9-12(10)17-14(19)11-4-5-13(16-8-11)18(2)3/h4-5,8,10,12,15H,6-7,9H2,1-3H3,(H,17,19). The van der Waals surface area contributed by atoms with Crippen LogP contribution in [0, 0.1) is 5.92 Å². The second kappa shape index (κ2) is 6.02.